The number of aliphatic carboxylic acids is 1. The van der Waals surface area contributed by atoms with Gasteiger partial charge in [0, 0.05) is 19.6 Å². The lowest BCUT2D eigenvalue weighted by molar-refractivity contribution is -0.154. The number of nitrogens with zero attached hydrogens (tertiary/aromatic N) is 1. The molecule has 0 aliphatic carbocycles. The summed E-state index contributed by atoms with van der Waals surface area (Å²) >= 11 is 0. The fraction of sp³-hybridized carbons (Fsp3) is 0.550. The van der Waals surface area contributed by atoms with Gasteiger partial charge in [0.25, 0.3) is 0 Å². The molecule has 1 aromatic carbocycles. The van der Waals surface area contributed by atoms with Crippen LogP contribution >= 0.6 is 0 Å². The van der Waals surface area contributed by atoms with E-state index < -0.39 is 23.5 Å². The number of hydrogen-bond donors (Lipinski definition) is 3. The third kappa shape index (κ3) is 5.68. The maximum Gasteiger partial charge on any atom is 0.315 e. The molecule has 0 bridgehead atoms. The highest BCUT2D eigenvalue weighted by molar-refractivity contribution is 5.87. The van der Waals surface area contributed by atoms with Crippen LogP contribution in [0.25, 0.3) is 0 Å². The Labute approximate surface area is 164 Å². The predicted molar refractivity (Wildman–Crippen MR) is 102 cm³/mol. The van der Waals surface area contributed by atoms with E-state index in [1.54, 1.807) is 19.1 Å². The van der Waals surface area contributed by atoms with Crippen LogP contribution in [-0.2, 0) is 16.1 Å². The van der Waals surface area contributed by atoms with Crippen LogP contribution in [0.3, 0.4) is 0 Å². The van der Waals surface area contributed by atoms with Crippen molar-refractivity contribution in [3.05, 3.63) is 35.6 Å². The monoisotopic (exact) mass is 393 g/mol. The van der Waals surface area contributed by atoms with Crippen molar-refractivity contribution < 1.29 is 23.9 Å². The topological polar surface area (TPSA) is 98.7 Å². The molecule has 1 aliphatic heterocycles. The first-order valence-electron chi connectivity index (χ1n) is 9.56. The number of carbonyl (C=O) groups excluding carboxylic acids is 2. The number of carboxylic acid groups (broad SMARTS) is 1. The number of hydrogen-bond acceptors (Lipinski definition) is 3. The van der Waals surface area contributed by atoms with Crippen LogP contribution in [0.1, 0.15) is 45.1 Å². The highest BCUT2D eigenvalue weighted by Crippen LogP contribution is 2.30. The number of benzene rings is 1. The van der Waals surface area contributed by atoms with Crippen LogP contribution in [0, 0.1) is 11.2 Å². The minimum atomic E-state index is -0.963. The van der Waals surface area contributed by atoms with Crippen molar-refractivity contribution in [1.29, 1.82) is 0 Å². The second-order valence-corrected chi connectivity index (χ2v) is 7.52. The molecule has 1 aliphatic rings. The number of urea groups is 1. The van der Waals surface area contributed by atoms with E-state index in [4.69, 9.17) is 0 Å². The van der Waals surface area contributed by atoms with Gasteiger partial charge in [0.1, 0.15) is 11.9 Å². The molecule has 2 unspecified atom stereocenters. The van der Waals surface area contributed by atoms with Gasteiger partial charge < -0.3 is 20.6 Å². The largest absolute Gasteiger partial charge is 0.481 e. The number of piperidine rings is 1. The Bertz CT molecular complexity index is 710. The maximum absolute atomic E-state index is 12.9. The molecule has 1 saturated heterocycles. The summed E-state index contributed by atoms with van der Waals surface area (Å²) in [5.74, 6) is -1.52. The van der Waals surface area contributed by atoms with E-state index in [-0.39, 0.29) is 24.8 Å². The molecule has 0 radical (unpaired) electrons. The van der Waals surface area contributed by atoms with E-state index in [1.807, 2.05) is 6.92 Å². The number of rotatable bonds is 7. The molecular formula is C20H28FN3O4. The summed E-state index contributed by atoms with van der Waals surface area (Å²) < 4.78 is 12.9. The quantitative estimate of drug-likeness (QED) is 0.663. The number of carbonyl (C=O) groups is 3. The minimum absolute atomic E-state index is 0.139. The molecule has 0 saturated carbocycles. The van der Waals surface area contributed by atoms with E-state index in [9.17, 15) is 23.9 Å². The second-order valence-electron chi connectivity index (χ2n) is 7.52. The van der Waals surface area contributed by atoms with Gasteiger partial charge in [-0.1, -0.05) is 25.5 Å². The van der Waals surface area contributed by atoms with Crippen molar-refractivity contribution >= 4 is 17.9 Å². The fourth-order valence-corrected chi connectivity index (χ4v) is 3.36. The summed E-state index contributed by atoms with van der Waals surface area (Å²) in [5, 5.41) is 14.8. The normalized spacial score (nSPS) is 20.3. The number of amides is 3. The van der Waals surface area contributed by atoms with E-state index in [2.05, 4.69) is 10.6 Å². The Morgan fingerprint density at radius 1 is 1.29 bits per heavy atom. The molecule has 1 heterocycles. The first kappa shape index (κ1) is 21.7. The Hall–Kier alpha value is -2.64. The van der Waals surface area contributed by atoms with Gasteiger partial charge in [-0.05, 0) is 43.9 Å². The molecule has 154 valence electrons. The lowest BCUT2D eigenvalue weighted by Gasteiger charge is -2.39. The molecule has 0 aromatic heterocycles. The summed E-state index contributed by atoms with van der Waals surface area (Å²) in [6, 6.07) is 4.57. The SMILES string of the molecule is CCCC(NC(=O)NCc1ccc(F)cc1)C(=O)N1CCCC(C)(C(=O)O)C1. The Kier molecular flexibility index (Phi) is 7.37. The molecule has 8 heteroatoms. The summed E-state index contributed by atoms with van der Waals surface area (Å²) in [7, 11) is 0. The molecule has 0 spiro atoms. The number of halogens is 1. The standard InChI is InChI=1S/C20H28FN3O4/c1-3-5-16(17(25)24-11-4-10-20(2,13-24)18(26)27)23-19(28)22-12-14-6-8-15(21)9-7-14/h6-9,16H,3-5,10-13H2,1-2H3,(H,26,27)(H2,22,23,28). The van der Waals surface area contributed by atoms with Crippen molar-refractivity contribution in [2.75, 3.05) is 13.1 Å². The molecule has 3 N–H and O–H groups in total. The van der Waals surface area contributed by atoms with Gasteiger partial charge in [-0.2, -0.15) is 0 Å². The molecule has 2 atom stereocenters. The summed E-state index contributed by atoms with van der Waals surface area (Å²) in [4.78, 5) is 38.2. The zero-order valence-corrected chi connectivity index (χ0v) is 16.3. The predicted octanol–water partition coefficient (Wildman–Crippen LogP) is 2.51. The number of carboxylic acids is 1. The van der Waals surface area contributed by atoms with Crippen LogP contribution in [0.2, 0.25) is 0 Å². The average Bonchev–Trinajstić information content (AvgIpc) is 2.66. The zero-order chi connectivity index (χ0) is 20.7. The summed E-state index contributed by atoms with van der Waals surface area (Å²) in [5.41, 5.74) is -0.224. The molecule has 1 fully saturated rings. The maximum atomic E-state index is 12.9. The molecule has 1 aromatic rings. The van der Waals surface area contributed by atoms with Gasteiger partial charge in [0.05, 0.1) is 5.41 Å². The van der Waals surface area contributed by atoms with Crippen LogP contribution in [0.4, 0.5) is 9.18 Å². The van der Waals surface area contributed by atoms with E-state index >= 15 is 0 Å². The highest BCUT2D eigenvalue weighted by atomic mass is 19.1. The molecule has 2 rings (SSSR count). The third-order valence-corrected chi connectivity index (χ3v) is 5.07. The van der Waals surface area contributed by atoms with Crippen LogP contribution in [0.15, 0.2) is 24.3 Å². The van der Waals surface area contributed by atoms with Gasteiger partial charge in [-0.3, -0.25) is 9.59 Å². The molecular weight excluding hydrogens is 365 g/mol. The zero-order valence-electron chi connectivity index (χ0n) is 16.3. The molecule has 3 amide bonds. The second kappa shape index (κ2) is 9.52. The van der Waals surface area contributed by atoms with Gasteiger partial charge in [0.2, 0.25) is 5.91 Å². The lowest BCUT2D eigenvalue weighted by atomic mass is 9.82. The Morgan fingerprint density at radius 2 is 1.96 bits per heavy atom. The fourth-order valence-electron chi connectivity index (χ4n) is 3.36. The first-order chi connectivity index (χ1) is 13.2. The number of likely N-dealkylation sites (tertiary alicyclic amines) is 1. The van der Waals surface area contributed by atoms with Crippen molar-refractivity contribution in [2.45, 2.75) is 52.1 Å². The summed E-state index contributed by atoms with van der Waals surface area (Å²) in [6.45, 7) is 4.39. The van der Waals surface area contributed by atoms with E-state index in [0.29, 0.717) is 32.2 Å². The van der Waals surface area contributed by atoms with Crippen molar-refractivity contribution in [1.82, 2.24) is 15.5 Å². The average molecular weight is 393 g/mol. The first-order valence-corrected chi connectivity index (χ1v) is 9.56. The Morgan fingerprint density at radius 3 is 2.57 bits per heavy atom. The van der Waals surface area contributed by atoms with Gasteiger partial charge in [-0.15, -0.1) is 0 Å². The van der Waals surface area contributed by atoms with Crippen LogP contribution in [-0.4, -0.2) is 47.0 Å². The minimum Gasteiger partial charge on any atom is -0.481 e. The highest BCUT2D eigenvalue weighted by Gasteiger charge is 2.40. The van der Waals surface area contributed by atoms with Crippen LogP contribution < -0.4 is 10.6 Å². The van der Waals surface area contributed by atoms with Gasteiger partial charge in [0.15, 0.2) is 0 Å². The number of nitrogens with one attached hydrogen (secondary N) is 2. The lowest BCUT2D eigenvalue weighted by Crippen LogP contribution is -2.55. The smallest absolute Gasteiger partial charge is 0.315 e. The third-order valence-electron chi connectivity index (χ3n) is 5.07. The van der Waals surface area contributed by atoms with E-state index in [0.717, 1.165) is 5.56 Å². The molecule has 7 nitrogen and oxygen atoms in total. The van der Waals surface area contributed by atoms with Gasteiger partial charge in [-0.25, -0.2) is 9.18 Å². The van der Waals surface area contributed by atoms with Crippen molar-refractivity contribution in [2.24, 2.45) is 5.41 Å². The van der Waals surface area contributed by atoms with Crippen LogP contribution in [0.5, 0.6) is 0 Å². The van der Waals surface area contributed by atoms with E-state index in [1.165, 1.54) is 17.0 Å². The Balaban J connectivity index is 1.95. The van der Waals surface area contributed by atoms with Crippen molar-refractivity contribution in [3.8, 4) is 0 Å². The van der Waals surface area contributed by atoms with Gasteiger partial charge >= 0.3 is 12.0 Å². The summed E-state index contributed by atoms with van der Waals surface area (Å²) in [6.07, 6.45) is 2.29. The van der Waals surface area contributed by atoms with Crippen molar-refractivity contribution in [3.63, 3.8) is 0 Å². The molecule has 28 heavy (non-hydrogen) atoms.